The number of pyridine rings is 1. The smallest absolute Gasteiger partial charge is 0.131 e. The molecule has 3 nitrogen and oxygen atoms in total. The second-order valence-corrected chi connectivity index (χ2v) is 5.16. The fraction of sp³-hybridized carbons (Fsp3) is 0.615. The highest BCUT2D eigenvalue weighted by molar-refractivity contribution is 9.10. The van der Waals surface area contributed by atoms with E-state index in [1.165, 1.54) is 5.56 Å². The van der Waals surface area contributed by atoms with E-state index in [4.69, 9.17) is 5.73 Å². The van der Waals surface area contributed by atoms with Crippen molar-refractivity contribution < 1.29 is 0 Å². The van der Waals surface area contributed by atoms with Crippen LogP contribution in [0.3, 0.4) is 0 Å². The normalized spacial score (nSPS) is 10.9. The number of halogens is 1. The van der Waals surface area contributed by atoms with Gasteiger partial charge in [0.15, 0.2) is 0 Å². The minimum atomic E-state index is 0.519. The Bertz CT molecular complexity index is 351. The molecule has 1 rings (SSSR count). The summed E-state index contributed by atoms with van der Waals surface area (Å²) in [6, 6.07) is 2.62. The van der Waals surface area contributed by atoms with Crippen molar-refractivity contribution in [2.24, 2.45) is 5.73 Å². The van der Waals surface area contributed by atoms with E-state index in [0.717, 1.165) is 29.7 Å². The standard InChI is InChI=1S/C13H22BrN3/c1-4-12(5-2)17(7-6-15)13-10(3)8-11(14)9-16-13/h8-9,12H,4-7,15H2,1-3H3. The summed E-state index contributed by atoms with van der Waals surface area (Å²) in [5, 5.41) is 0. The van der Waals surface area contributed by atoms with Crippen LogP contribution in [0.5, 0.6) is 0 Å². The predicted molar refractivity (Wildman–Crippen MR) is 77.4 cm³/mol. The lowest BCUT2D eigenvalue weighted by molar-refractivity contribution is 0.553. The molecule has 0 unspecified atom stereocenters. The second kappa shape index (κ2) is 6.97. The molecule has 17 heavy (non-hydrogen) atoms. The van der Waals surface area contributed by atoms with E-state index in [0.29, 0.717) is 12.6 Å². The molecule has 1 aromatic rings. The van der Waals surface area contributed by atoms with E-state index < -0.39 is 0 Å². The van der Waals surface area contributed by atoms with Crippen LogP contribution in [0.15, 0.2) is 16.7 Å². The van der Waals surface area contributed by atoms with E-state index in [1.807, 2.05) is 6.20 Å². The number of rotatable bonds is 6. The molecule has 0 bridgehead atoms. The number of hydrogen-bond donors (Lipinski definition) is 1. The van der Waals surface area contributed by atoms with Crippen LogP contribution >= 0.6 is 15.9 Å². The monoisotopic (exact) mass is 299 g/mol. The van der Waals surface area contributed by atoms with Gasteiger partial charge in [0, 0.05) is 29.8 Å². The Morgan fingerprint density at radius 1 is 1.41 bits per heavy atom. The largest absolute Gasteiger partial charge is 0.352 e. The summed E-state index contributed by atoms with van der Waals surface area (Å²) in [6.45, 7) is 8.05. The van der Waals surface area contributed by atoms with Crippen LogP contribution in [0.1, 0.15) is 32.3 Å². The summed E-state index contributed by atoms with van der Waals surface area (Å²) in [4.78, 5) is 6.87. The van der Waals surface area contributed by atoms with Crippen molar-refractivity contribution >= 4 is 21.7 Å². The lowest BCUT2D eigenvalue weighted by Crippen LogP contribution is -2.39. The van der Waals surface area contributed by atoms with Crippen molar-refractivity contribution in [2.45, 2.75) is 39.7 Å². The Labute approximate surface area is 113 Å². The Balaban J connectivity index is 3.03. The first-order chi connectivity index (χ1) is 8.13. The molecule has 0 atom stereocenters. The number of anilines is 1. The maximum atomic E-state index is 5.72. The van der Waals surface area contributed by atoms with Gasteiger partial charge < -0.3 is 10.6 Å². The molecule has 96 valence electrons. The molecule has 2 N–H and O–H groups in total. The zero-order valence-corrected chi connectivity index (χ0v) is 12.5. The Kier molecular flexibility index (Phi) is 5.92. The van der Waals surface area contributed by atoms with Gasteiger partial charge in [-0.2, -0.15) is 0 Å². The van der Waals surface area contributed by atoms with Crippen LogP contribution in [-0.4, -0.2) is 24.1 Å². The second-order valence-electron chi connectivity index (χ2n) is 4.25. The Morgan fingerprint density at radius 3 is 2.53 bits per heavy atom. The van der Waals surface area contributed by atoms with E-state index in [9.17, 15) is 0 Å². The number of nitrogens with two attached hydrogens (primary N) is 1. The molecule has 1 aromatic heterocycles. The molecule has 0 aliphatic heterocycles. The third kappa shape index (κ3) is 3.68. The maximum absolute atomic E-state index is 5.72. The van der Waals surface area contributed by atoms with Crippen LogP contribution in [0.4, 0.5) is 5.82 Å². The quantitative estimate of drug-likeness (QED) is 0.877. The first kappa shape index (κ1) is 14.5. The number of aryl methyl sites for hydroxylation is 1. The first-order valence-corrected chi connectivity index (χ1v) is 7.02. The van der Waals surface area contributed by atoms with Crippen molar-refractivity contribution in [3.63, 3.8) is 0 Å². The molecule has 0 aliphatic rings. The molecular weight excluding hydrogens is 278 g/mol. The Morgan fingerprint density at radius 2 is 2.06 bits per heavy atom. The van der Waals surface area contributed by atoms with Gasteiger partial charge in [0.25, 0.3) is 0 Å². The van der Waals surface area contributed by atoms with Gasteiger partial charge >= 0.3 is 0 Å². The van der Waals surface area contributed by atoms with Gasteiger partial charge in [0.05, 0.1) is 0 Å². The highest BCUT2D eigenvalue weighted by Crippen LogP contribution is 2.24. The first-order valence-electron chi connectivity index (χ1n) is 6.22. The fourth-order valence-corrected chi connectivity index (χ4v) is 2.61. The fourth-order valence-electron chi connectivity index (χ4n) is 2.16. The van der Waals surface area contributed by atoms with Gasteiger partial charge in [-0.05, 0) is 47.3 Å². The molecule has 1 heterocycles. The number of nitrogens with zero attached hydrogens (tertiary/aromatic N) is 2. The third-order valence-corrected chi connectivity index (χ3v) is 3.48. The summed E-state index contributed by atoms with van der Waals surface area (Å²) in [5.74, 6) is 1.06. The summed E-state index contributed by atoms with van der Waals surface area (Å²) in [7, 11) is 0. The van der Waals surface area contributed by atoms with Crippen molar-refractivity contribution in [1.82, 2.24) is 4.98 Å². The zero-order chi connectivity index (χ0) is 12.8. The highest BCUT2D eigenvalue weighted by Gasteiger charge is 2.17. The van der Waals surface area contributed by atoms with E-state index >= 15 is 0 Å². The lowest BCUT2D eigenvalue weighted by Gasteiger charge is -2.32. The third-order valence-electron chi connectivity index (χ3n) is 3.04. The molecule has 0 aliphatic carbocycles. The topological polar surface area (TPSA) is 42.1 Å². The van der Waals surface area contributed by atoms with Crippen LogP contribution < -0.4 is 10.6 Å². The minimum Gasteiger partial charge on any atom is -0.352 e. The highest BCUT2D eigenvalue weighted by atomic mass is 79.9. The van der Waals surface area contributed by atoms with Crippen molar-refractivity contribution in [3.8, 4) is 0 Å². The van der Waals surface area contributed by atoms with E-state index in [2.05, 4.69) is 52.7 Å². The Hall–Kier alpha value is -0.610. The van der Waals surface area contributed by atoms with Crippen LogP contribution in [-0.2, 0) is 0 Å². The summed E-state index contributed by atoms with van der Waals surface area (Å²) < 4.78 is 1.02. The van der Waals surface area contributed by atoms with Crippen LogP contribution in [0, 0.1) is 6.92 Å². The molecule has 0 aromatic carbocycles. The number of hydrogen-bond acceptors (Lipinski definition) is 3. The van der Waals surface area contributed by atoms with E-state index in [-0.39, 0.29) is 0 Å². The molecule has 0 spiro atoms. The zero-order valence-electron chi connectivity index (χ0n) is 10.9. The van der Waals surface area contributed by atoms with Gasteiger partial charge in [-0.25, -0.2) is 4.98 Å². The summed E-state index contributed by atoms with van der Waals surface area (Å²) in [6.07, 6.45) is 4.09. The van der Waals surface area contributed by atoms with Gasteiger partial charge in [-0.3, -0.25) is 0 Å². The molecular formula is C13H22BrN3. The molecule has 0 amide bonds. The van der Waals surface area contributed by atoms with Crippen molar-refractivity contribution in [2.75, 3.05) is 18.0 Å². The minimum absolute atomic E-state index is 0.519. The maximum Gasteiger partial charge on any atom is 0.131 e. The molecule has 4 heteroatoms. The SMILES string of the molecule is CCC(CC)N(CCN)c1ncc(Br)cc1C. The van der Waals surface area contributed by atoms with Crippen LogP contribution in [0.2, 0.25) is 0 Å². The average Bonchev–Trinajstić information content (AvgIpc) is 2.30. The lowest BCUT2D eigenvalue weighted by atomic mass is 10.1. The van der Waals surface area contributed by atoms with Gasteiger partial charge in [0.1, 0.15) is 5.82 Å². The van der Waals surface area contributed by atoms with E-state index in [1.54, 1.807) is 0 Å². The molecule has 0 saturated carbocycles. The summed E-state index contributed by atoms with van der Waals surface area (Å²) >= 11 is 3.45. The molecule has 0 saturated heterocycles. The van der Waals surface area contributed by atoms with Crippen molar-refractivity contribution in [1.29, 1.82) is 0 Å². The van der Waals surface area contributed by atoms with Crippen LogP contribution in [0.25, 0.3) is 0 Å². The molecule has 0 fully saturated rings. The summed E-state index contributed by atoms with van der Waals surface area (Å²) in [5.41, 5.74) is 6.91. The average molecular weight is 300 g/mol. The van der Waals surface area contributed by atoms with Gasteiger partial charge in [0.2, 0.25) is 0 Å². The predicted octanol–water partition coefficient (Wildman–Crippen LogP) is 3.11. The number of aromatic nitrogens is 1. The van der Waals surface area contributed by atoms with Crippen molar-refractivity contribution in [3.05, 3.63) is 22.3 Å². The molecule has 0 radical (unpaired) electrons. The van der Waals surface area contributed by atoms with Gasteiger partial charge in [-0.15, -0.1) is 0 Å². The van der Waals surface area contributed by atoms with Gasteiger partial charge in [-0.1, -0.05) is 13.8 Å².